The molecule has 0 aromatic heterocycles. The van der Waals surface area contributed by atoms with Crippen LogP contribution in [0.15, 0.2) is 90.0 Å². The molecule has 0 unspecified atom stereocenters. The molecule has 5 rings (SSSR count). The Balaban J connectivity index is 1.82. The fraction of sp³-hybridized carbons (Fsp3) is 0.0909. The molecule has 0 saturated heterocycles. The Morgan fingerprint density at radius 2 is 1.37 bits per heavy atom. The molecule has 5 nitrogen and oxygen atoms in total. The van der Waals surface area contributed by atoms with Crippen molar-refractivity contribution in [2.75, 3.05) is 5.01 Å². The number of nitrogens with zero attached hydrogens (tertiary/aromatic N) is 2. The van der Waals surface area contributed by atoms with E-state index in [9.17, 15) is 15.0 Å². The summed E-state index contributed by atoms with van der Waals surface area (Å²) in [5.41, 5.74) is -2.29. The summed E-state index contributed by atoms with van der Waals surface area (Å²) >= 11 is 0. The van der Waals surface area contributed by atoms with E-state index in [0.29, 0.717) is 22.4 Å². The number of hydrogen-bond acceptors (Lipinski definition) is 5. The van der Waals surface area contributed by atoms with Gasteiger partial charge < -0.3 is 10.2 Å². The van der Waals surface area contributed by atoms with Gasteiger partial charge in [-0.05, 0) is 12.1 Å². The minimum atomic E-state index is -2.20. The molecule has 2 N–H and O–H groups in total. The zero-order valence-electron chi connectivity index (χ0n) is 14.3. The topological polar surface area (TPSA) is 73.1 Å². The molecule has 5 heteroatoms. The Labute approximate surface area is 155 Å². The number of Topliss-reactive ketones (excluding diaryl/α,β-unsaturated/α-hetero) is 1. The van der Waals surface area contributed by atoms with Crippen molar-refractivity contribution in [3.63, 3.8) is 0 Å². The lowest BCUT2D eigenvalue weighted by Crippen LogP contribution is -2.59. The molecule has 1 aliphatic carbocycles. The van der Waals surface area contributed by atoms with Crippen LogP contribution in [0.25, 0.3) is 0 Å². The van der Waals surface area contributed by atoms with Crippen LogP contribution in [0, 0.1) is 0 Å². The fourth-order valence-electron chi connectivity index (χ4n) is 3.99. The van der Waals surface area contributed by atoms with Gasteiger partial charge in [0.05, 0.1) is 5.69 Å². The molecule has 0 radical (unpaired) electrons. The van der Waals surface area contributed by atoms with Crippen LogP contribution in [-0.2, 0) is 5.72 Å². The molecule has 132 valence electrons. The Bertz CT molecular complexity index is 1080. The normalized spacial score (nSPS) is 25.9. The van der Waals surface area contributed by atoms with Gasteiger partial charge in [-0.15, -0.1) is 0 Å². The average molecular weight is 356 g/mol. The van der Waals surface area contributed by atoms with Gasteiger partial charge in [0.25, 0.3) is 0 Å². The number of anilines is 1. The molecule has 0 fully saturated rings. The molecule has 1 heterocycles. The highest BCUT2D eigenvalue weighted by Gasteiger charge is 2.72. The molecule has 0 amide bonds. The summed E-state index contributed by atoms with van der Waals surface area (Å²) in [5.74, 6) is -0.554. The van der Waals surface area contributed by atoms with Crippen molar-refractivity contribution in [3.8, 4) is 0 Å². The standard InChI is InChI=1S/C22H16N2O3/c25-20-17-13-7-8-14-18(17)22(27)21(20,26)19(15-9-3-1-4-10-15)23-24(22)16-11-5-2-6-12-16/h1-14,26-27H/t21-,22+/m1/s1. The fourth-order valence-corrected chi connectivity index (χ4v) is 3.99. The number of carbonyl (C=O) groups is 1. The number of fused-ring (bicyclic) bond motifs is 3. The van der Waals surface area contributed by atoms with Crippen molar-refractivity contribution >= 4 is 17.2 Å². The zero-order chi connectivity index (χ0) is 18.6. The van der Waals surface area contributed by atoms with Gasteiger partial charge in [0.15, 0.2) is 0 Å². The van der Waals surface area contributed by atoms with Gasteiger partial charge in [0.1, 0.15) is 5.71 Å². The van der Waals surface area contributed by atoms with Crippen molar-refractivity contribution in [1.82, 2.24) is 0 Å². The smallest absolute Gasteiger partial charge is 0.228 e. The Kier molecular flexibility index (Phi) is 3.16. The summed E-state index contributed by atoms with van der Waals surface area (Å²) in [7, 11) is 0. The van der Waals surface area contributed by atoms with Crippen LogP contribution in [-0.4, -0.2) is 27.3 Å². The van der Waals surface area contributed by atoms with E-state index in [1.807, 2.05) is 24.3 Å². The first kappa shape index (κ1) is 15.9. The van der Waals surface area contributed by atoms with Crippen LogP contribution in [0.4, 0.5) is 5.69 Å². The Morgan fingerprint density at radius 3 is 2.07 bits per heavy atom. The summed E-state index contributed by atoms with van der Waals surface area (Å²) in [5, 5.41) is 29.3. The summed E-state index contributed by atoms with van der Waals surface area (Å²) < 4.78 is 0. The van der Waals surface area contributed by atoms with Gasteiger partial charge in [0.2, 0.25) is 17.1 Å². The first-order valence-electron chi connectivity index (χ1n) is 8.67. The number of hydrazone groups is 1. The number of hydrogen-bond donors (Lipinski definition) is 2. The molecule has 3 aromatic carbocycles. The maximum absolute atomic E-state index is 13.2. The lowest BCUT2D eigenvalue weighted by Gasteiger charge is -2.36. The summed E-state index contributed by atoms with van der Waals surface area (Å²) in [6, 6.07) is 24.8. The molecule has 0 saturated carbocycles. The van der Waals surface area contributed by atoms with Crippen molar-refractivity contribution in [2.45, 2.75) is 11.3 Å². The Morgan fingerprint density at radius 1 is 0.778 bits per heavy atom. The van der Waals surface area contributed by atoms with Crippen molar-refractivity contribution in [1.29, 1.82) is 0 Å². The number of aliphatic hydroxyl groups is 2. The summed E-state index contributed by atoms with van der Waals surface area (Å²) in [6.07, 6.45) is 0. The quantitative estimate of drug-likeness (QED) is 0.740. The van der Waals surface area contributed by atoms with Crippen LogP contribution in [0.2, 0.25) is 0 Å². The second-order valence-corrected chi connectivity index (χ2v) is 6.72. The first-order valence-corrected chi connectivity index (χ1v) is 8.67. The predicted octanol–water partition coefficient (Wildman–Crippen LogP) is 2.68. The average Bonchev–Trinajstić information content (AvgIpc) is 3.07. The predicted molar refractivity (Wildman–Crippen MR) is 102 cm³/mol. The van der Waals surface area contributed by atoms with E-state index in [1.165, 1.54) is 5.01 Å². The summed E-state index contributed by atoms with van der Waals surface area (Å²) in [4.78, 5) is 13.2. The van der Waals surface area contributed by atoms with E-state index in [-0.39, 0.29) is 5.71 Å². The van der Waals surface area contributed by atoms with Crippen LogP contribution in [0.5, 0.6) is 0 Å². The van der Waals surface area contributed by atoms with E-state index >= 15 is 0 Å². The highest BCUT2D eigenvalue weighted by atomic mass is 16.4. The van der Waals surface area contributed by atoms with E-state index in [2.05, 4.69) is 5.10 Å². The lowest BCUT2D eigenvalue weighted by atomic mass is 9.83. The summed E-state index contributed by atoms with van der Waals surface area (Å²) in [6.45, 7) is 0. The Hall–Kier alpha value is -3.28. The van der Waals surface area contributed by atoms with Gasteiger partial charge in [-0.1, -0.05) is 72.8 Å². The minimum Gasteiger partial charge on any atom is -0.371 e. The van der Waals surface area contributed by atoms with Gasteiger partial charge in [-0.25, -0.2) is 5.01 Å². The lowest BCUT2D eigenvalue weighted by molar-refractivity contribution is -0.0769. The van der Waals surface area contributed by atoms with Gasteiger partial charge in [0, 0.05) is 16.7 Å². The number of ketones is 1. The highest BCUT2D eigenvalue weighted by molar-refractivity contribution is 6.30. The first-order chi connectivity index (χ1) is 13.1. The largest absolute Gasteiger partial charge is 0.371 e. The van der Waals surface area contributed by atoms with Gasteiger partial charge in [-0.2, -0.15) is 5.10 Å². The number of benzene rings is 3. The highest BCUT2D eigenvalue weighted by Crippen LogP contribution is 2.53. The van der Waals surface area contributed by atoms with Crippen molar-refractivity contribution in [3.05, 3.63) is 102 Å². The molecular weight excluding hydrogens is 340 g/mol. The third-order valence-corrected chi connectivity index (χ3v) is 5.28. The van der Waals surface area contributed by atoms with Crippen LogP contribution in [0.1, 0.15) is 21.5 Å². The zero-order valence-corrected chi connectivity index (χ0v) is 14.3. The van der Waals surface area contributed by atoms with E-state index in [1.54, 1.807) is 60.7 Å². The SMILES string of the molecule is O=C1c2ccccc2[C@@]2(O)N(c3ccccc3)N=C(c3ccccc3)[C@@]12O. The molecule has 27 heavy (non-hydrogen) atoms. The van der Waals surface area contributed by atoms with Gasteiger partial charge in [-0.3, -0.25) is 4.79 Å². The molecule has 3 aromatic rings. The maximum atomic E-state index is 13.2. The second kappa shape index (κ2) is 5.36. The number of carbonyl (C=O) groups excluding carboxylic acids is 1. The monoisotopic (exact) mass is 356 g/mol. The van der Waals surface area contributed by atoms with E-state index < -0.39 is 17.1 Å². The molecule has 0 bridgehead atoms. The molecular formula is C22H16N2O3. The van der Waals surface area contributed by atoms with Crippen molar-refractivity contribution in [2.24, 2.45) is 5.10 Å². The van der Waals surface area contributed by atoms with E-state index in [0.717, 1.165) is 0 Å². The maximum Gasteiger partial charge on any atom is 0.228 e. The van der Waals surface area contributed by atoms with Crippen LogP contribution < -0.4 is 5.01 Å². The second-order valence-electron chi connectivity index (χ2n) is 6.72. The van der Waals surface area contributed by atoms with Gasteiger partial charge >= 0.3 is 0 Å². The molecule has 2 atom stereocenters. The van der Waals surface area contributed by atoms with Crippen LogP contribution in [0.3, 0.4) is 0 Å². The minimum absolute atomic E-state index is 0.135. The molecule has 2 aliphatic rings. The van der Waals surface area contributed by atoms with Crippen molar-refractivity contribution < 1.29 is 15.0 Å². The van der Waals surface area contributed by atoms with Crippen LogP contribution >= 0.6 is 0 Å². The third kappa shape index (κ3) is 1.84. The third-order valence-electron chi connectivity index (χ3n) is 5.28. The molecule has 0 spiro atoms. The molecule has 1 aliphatic heterocycles. The number of rotatable bonds is 2. The van der Waals surface area contributed by atoms with E-state index in [4.69, 9.17) is 0 Å². The number of para-hydroxylation sites is 1.